The summed E-state index contributed by atoms with van der Waals surface area (Å²) in [5.74, 6) is 2.50. The van der Waals surface area contributed by atoms with Crippen molar-refractivity contribution in [3.05, 3.63) is 103 Å². The van der Waals surface area contributed by atoms with Gasteiger partial charge in [0.25, 0.3) is 0 Å². The van der Waals surface area contributed by atoms with Crippen molar-refractivity contribution in [2.75, 3.05) is 7.11 Å². The van der Waals surface area contributed by atoms with Gasteiger partial charge in [0.15, 0.2) is 0 Å². The predicted octanol–water partition coefficient (Wildman–Crippen LogP) is 6.82. The number of hydrogen-bond acceptors (Lipinski definition) is 2. The standard InChI is InChI=1S/C25H20O2/c1-26-23-13-7-21(8-14-23)22-11-17-25(18-12-22)27-24-15-9-20(10-16-24)19-5-3-2-4-6-19/h2-18H,1H3. The minimum Gasteiger partial charge on any atom is -0.497 e. The summed E-state index contributed by atoms with van der Waals surface area (Å²) in [5.41, 5.74) is 4.67. The molecule has 0 aliphatic carbocycles. The molecule has 4 aromatic rings. The van der Waals surface area contributed by atoms with E-state index in [0.29, 0.717) is 0 Å². The van der Waals surface area contributed by atoms with Crippen molar-refractivity contribution in [2.45, 2.75) is 0 Å². The van der Waals surface area contributed by atoms with Gasteiger partial charge in [-0.15, -0.1) is 0 Å². The highest BCUT2D eigenvalue weighted by Gasteiger charge is 2.02. The molecule has 0 atom stereocenters. The van der Waals surface area contributed by atoms with Gasteiger partial charge in [-0.2, -0.15) is 0 Å². The van der Waals surface area contributed by atoms with Crippen molar-refractivity contribution in [3.63, 3.8) is 0 Å². The number of ether oxygens (including phenoxy) is 2. The first kappa shape index (κ1) is 16.9. The van der Waals surface area contributed by atoms with Crippen molar-refractivity contribution in [3.8, 4) is 39.5 Å². The first-order valence-electron chi connectivity index (χ1n) is 8.90. The first-order chi connectivity index (χ1) is 13.3. The molecular formula is C25H20O2. The fourth-order valence-corrected chi connectivity index (χ4v) is 2.98. The van der Waals surface area contributed by atoms with E-state index in [2.05, 4.69) is 48.5 Å². The highest BCUT2D eigenvalue weighted by Crippen LogP contribution is 2.28. The van der Waals surface area contributed by atoms with Gasteiger partial charge in [0.2, 0.25) is 0 Å². The lowest BCUT2D eigenvalue weighted by atomic mass is 10.1. The van der Waals surface area contributed by atoms with E-state index in [9.17, 15) is 0 Å². The number of methoxy groups -OCH3 is 1. The minimum absolute atomic E-state index is 0.819. The van der Waals surface area contributed by atoms with Gasteiger partial charge in [0.05, 0.1) is 7.11 Å². The molecule has 0 N–H and O–H groups in total. The van der Waals surface area contributed by atoms with Crippen LogP contribution in [0.25, 0.3) is 22.3 Å². The Labute approximate surface area is 159 Å². The maximum Gasteiger partial charge on any atom is 0.127 e. The summed E-state index contributed by atoms with van der Waals surface area (Å²) < 4.78 is 11.2. The fraction of sp³-hybridized carbons (Fsp3) is 0.0400. The molecule has 27 heavy (non-hydrogen) atoms. The summed E-state index contributed by atoms with van der Waals surface area (Å²) in [6, 6.07) is 34.6. The van der Waals surface area contributed by atoms with Gasteiger partial charge in [0.1, 0.15) is 17.2 Å². The van der Waals surface area contributed by atoms with Crippen LogP contribution in [0, 0.1) is 0 Å². The Morgan fingerprint density at radius 2 is 0.778 bits per heavy atom. The van der Waals surface area contributed by atoms with Gasteiger partial charge in [-0.25, -0.2) is 0 Å². The largest absolute Gasteiger partial charge is 0.497 e. The van der Waals surface area contributed by atoms with Crippen LogP contribution in [-0.2, 0) is 0 Å². The second kappa shape index (κ2) is 7.79. The molecule has 2 heteroatoms. The summed E-state index contributed by atoms with van der Waals surface area (Å²) in [7, 11) is 1.67. The fourth-order valence-electron chi connectivity index (χ4n) is 2.98. The van der Waals surface area contributed by atoms with Gasteiger partial charge in [0, 0.05) is 0 Å². The third-order valence-electron chi connectivity index (χ3n) is 4.47. The first-order valence-corrected chi connectivity index (χ1v) is 8.90. The molecule has 0 saturated carbocycles. The molecule has 0 saturated heterocycles. The van der Waals surface area contributed by atoms with Crippen LogP contribution in [0.2, 0.25) is 0 Å². The van der Waals surface area contributed by atoms with E-state index in [1.165, 1.54) is 11.1 Å². The maximum absolute atomic E-state index is 5.98. The summed E-state index contributed by atoms with van der Waals surface area (Å²) in [5, 5.41) is 0. The van der Waals surface area contributed by atoms with Crippen LogP contribution >= 0.6 is 0 Å². The zero-order valence-electron chi connectivity index (χ0n) is 15.1. The van der Waals surface area contributed by atoms with Crippen molar-refractivity contribution in [1.82, 2.24) is 0 Å². The lowest BCUT2D eigenvalue weighted by Gasteiger charge is -2.09. The van der Waals surface area contributed by atoms with E-state index in [1.54, 1.807) is 7.11 Å². The van der Waals surface area contributed by atoms with Crippen molar-refractivity contribution < 1.29 is 9.47 Å². The van der Waals surface area contributed by atoms with Crippen molar-refractivity contribution in [2.24, 2.45) is 0 Å². The Morgan fingerprint density at radius 1 is 0.407 bits per heavy atom. The highest BCUT2D eigenvalue weighted by atomic mass is 16.5. The molecule has 4 rings (SSSR count). The van der Waals surface area contributed by atoms with E-state index in [4.69, 9.17) is 9.47 Å². The van der Waals surface area contributed by atoms with Crippen molar-refractivity contribution in [1.29, 1.82) is 0 Å². The molecular weight excluding hydrogens is 332 g/mol. The molecule has 0 radical (unpaired) electrons. The lowest BCUT2D eigenvalue weighted by Crippen LogP contribution is -1.86. The molecule has 0 aromatic heterocycles. The molecule has 0 aliphatic heterocycles. The van der Waals surface area contributed by atoms with Crippen LogP contribution in [0.1, 0.15) is 0 Å². The molecule has 0 amide bonds. The molecule has 4 aromatic carbocycles. The Morgan fingerprint density at radius 3 is 1.19 bits per heavy atom. The summed E-state index contributed by atoms with van der Waals surface area (Å²) >= 11 is 0. The summed E-state index contributed by atoms with van der Waals surface area (Å²) in [4.78, 5) is 0. The van der Waals surface area contributed by atoms with Crippen LogP contribution in [-0.4, -0.2) is 7.11 Å². The van der Waals surface area contributed by atoms with Crippen LogP contribution in [0.5, 0.6) is 17.2 Å². The normalized spacial score (nSPS) is 10.4. The van der Waals surface area contributed by atoms with E-state index < -0.39 is 0 Å². The quantitative estimate of drug-likeness (QED) is 0.392. The molecule has 2 nitrogen and oxygen atoms in total. The Hall–Kier alpha value is -3.52. The van der Waals surface area contributed by atoms with E-state index in [1.807, 2.05) is 54.6 Å². The van der Waals surface area contributed by atoms with E-state index >= 15 is 0 Å². The van der Waals surface area contributed by atoms with Crippen LogP contribution in [0.3, 0.4) is 0 Å². The highest BCUT2D eigenvalue weighted by molar-refractivity contribution is 5.66. The second-order valence-electron chi connectivity index (χ2n) is 6.25. The Kier molecular flexibility index (Phi) is 4.88. The monoisotopic (exact) mass is 352 g/mol. The molecule has 132 valence electrons. The summed E-state index contributed by atoms with van der Waals surface area (Å²) in [6.07, 6.45) is 0. The smallest absolute Gasteiger partial charge is 0.127 e. The van der Waals surface area contributed by atoms with E-state index in [-0.39, 0.29) is 0 Å². The van der Waals surface area contributed by atoms with Crippen LogP contribution in [0.4, 0.5) is 0 Å². The van der Waals surface area contributed by atoms with Gasteiger partial charge < -0.3 is 9.47 Å². The Balaban J connectivity index is 1.46. The number of benzene rings is 4. The van der Waals surface area contributed by atoms with Crippen LogP contribution in [0.15, 0.2) is 103 Å². The third-order valence-corrected chi connectivity index (χ3v) is 4.47. The van der Waals surface area contributed by atoms with Crippen molar-refractivity contribution >= 4 is 0 Å². The number of hydrogen-bond donors (Lipinski definition) is 0. The zero-order chi connectivity index (χ0) is 18.5. The predicted molar refractivity (Wildman–Crippen MR) is 110 cm³/mol. The maximum atomic E-state index is 5.98. The molecule has 0 bridgehead atoms. The lowest BCUT2D eigenvalue weighted by molar-refractivity contribution is 0.415. The summed E-state index contributed by atoms with van der Waals surface area (Å²) in [6.45, 7) is 0. The van der Waals surface area contributed by atoms with E-state index in [0.717, 1.165) is 28.4 Å². The van der Waals surface area contributed by atoms with Gasteiger partial charge in [-0.1, -0.05) is 66.7 Å². The number of rotatable bonds is 5. The average Bonchev–Trinajstić information content (AvgIpc) is 2.76. The molecule has 0 heterocycles. The minimum atomic E-state index is 0.819. The second-order valence-corrected chi connectivity index (χ2v) is 6.25. The zero-order valence-corrected chi connectivity index (χ0v) is 15.1. The van der Waals surface area contributed by atoms with Gasteiger partial charge in [-0.3, -0.25) is 0 Å². The third kappa shape index (κ3) is 4.01. The van der Waals surface area contributed by atoms with Gasteiger partial charge >= 0.3 is 0 Å². The Bertz CT molecular complexity index is 987. The molecule has 0 fully saturated rings. The topological polar surface area (TPSA) is 18.5 Å². The molecule has 0 unspecified atom stereocenters. The average molecular weight is 352 g/mol. The molecule has 0 aliphatic rings. The molecule has 0 spiro atoms. The van der Waals surface area contributed by atoms with Gasteiger partial charge in [-0.05, 0) is 58.7 Å². The SMILES string of the molecule is COc1ccc(-c2ccc(Oc3ccc(-c4ccccc4)cc3)cc2)cc1. The van der Waals surface area contributed by atoms with Crippen LogP contribution < -0.4 is 9.47 Å².